The van der Waals surface area contributed by atoms with Crippen LogP contribution >= 0.6 is 0 Å². The van der Waals surface area contributed by atoms with Crippen molar-refractivity contribution in [2.45, 2.75) is 38.0 Å². The normalized spacial score (nSPS) is 16.2. The number of hydrogen-bond donors (Lipinski definition) is 1. The highest BCUT2D eigenvalue weighted by molar-refractivity contribution is 5.92. The number of aryl methyl sites for hydroxylation is 1. The lowest BCUT2D eigenvalue weighted by Crippen LogP contribution is -2.45. The zero-order valence-electron chi connectivity index (χ0n) is 16.2. The first-order chi connectivity index (χ1) is 14.1. The van der Waals surface area contributed by atoms with E-state index < -0.39 is 23.5 Å². The number of hydrogen-bond acceptors (Lipinski definition) is 5. The molecular weight excluding hydrogens is 404 g/mol. The Morgan fingerprint density at radius 1 is 1.27 bits per heavy atom. The second-order valence-electron chi connectivity index (χ2n) is 7.70. The molecule has 1 aliphatic rings. The van der Waals surface area contributed by atoms with Gasteiger partial charge in [0.2, 0.25) is 17.8 Å². The van der Waals surface area contributed by atoms with Gasteiger partial charge in [0.1, 0.15) is 11.3 Å². The summed E-state index contributed by atoms with van der Waals surface area (Å²) in [7, 11) is 1.60. The number of carbonyl (C=O) groups excluding carboxylic acids is 1. The number of rotatable bonds is 6. The predicted octanol–water partition coefficient (Wildman–Crippen LogP) is 2.96. The molecule has 1 aliphatic carbocycles. The van der Waals surface area contributed by atoms with E-state index in [1.54, 1.807) is 7.05 Å². The van der Waals surface area contributed by atoms with Gasteiger partial charge in [-0.2, -0.15) is 4.52 Å². The second-order valence-corrected chi connectivity index (χ2v) is 7.70. The number of carbonyl (C=O) groups is 1. The summed E-state index contributed by atoms with van der Waals surface area (Å²) < 4.78 is 54.7. The number of halogens is 4. The van der Waals surface area contributed by atoms with Crippen molar-refractivity contribution >= 4 is 28.4 Å². The van der Waals surface area contributed by atoms with Gasteiger partial charge < -0.3 is 10.6 Å². The standard InChI is InChI=1S/C19H20F4N6O/c1-28(17(30)10-8-19(22,23)9-10)5-3-2-4-14-25-16-12-6-11(20)7-13(21)15(12)26-18(24)29(16)27-14/h6-7,10H,2-5,8-9H2,1H3,(H2,24,26). The molecule has 3 aromatic rings. The topological polar surface area (TPSA) is 89.4 Å². The third-order valence-electron chi connectivity index (χ3n) is 5.32. The Morgan fingerprint density at radius 2 is 2.00 bits per heavy atom. The summed E-state index contributed by atoms with van der Waals surface area (Å²) in [5, 5.41) is 4.42. The molecule has 0 aliphatic heterocycles. The molecule has 0 bridgehead atoms. The van der Waals surface area contributed by atoms with Gasteiger partial charge in [-0.3, -0.25) is 4.79 Å². The number of nitrogens with zero attached hydrogens (tertiary/aromatic N) is 5. The lowest BCUT2D eigenvalue weighted by Gasteiger charge is -2.36. The largest absolute Gasteiger partial charge is 0.368 e. The molecule has 4 rings (SSSR count). The first kappa shape index (κ1) is 20.3. The number of aromatic nitrogens is 4. The number of nitrogen functional groups attached to an aromatic ring is 1. The fraction of sp³-hybridized carbons (Fsp3) is 0.474. The Bertz CT molecular complexity index is 1120. The maximum absolute atomic E-state index is 14.0. The molecule has 1 amide bonds. The fourth-order valence-corrected chi connectivity index (χ4v) is 3.70. The van der Waals surface area contributed by atoms with Crippen LogP contribution in [0.3, 0.4) is 0 Å². The lowest BCUT2D eigenvalue weighted by molar-refractivity contribution is -0.158. The average Bonchev–Trinajstić information content (AvgIpc) is 3.09. The van der Waals surface area contributed by atoms with E-state index in [0.717, 1.165) is 12.1 Å². The molecule has 7 nitrogen and oxygen atoms in total. The zero-order valence-corrected chi connectivity index (χ0v) is 16.2. The zero-order chi connectivity index (χ0) is 21.6. The van der Waals surface area contributed by atoms with Gasteiger partial charge >= 0.3 is 0 Å². The van der Waals surface area contributed by atoms with E-state index in [-0.39, 0.29) is 41.2 Å². The highest BCUT2D eigenvalue weighted by atomic mass is 19.3. The molecule has 11 heteroatoms. The Kier molecular flexibility index (Phi) is 4.99. The summed E-state index contributed by atoms with van der Waals surface area (Å²) in [6.45, 7) is 0.428. The van der Waals surface area contributed by atoms with Crippen LogP contribution in [0.2, 0.25) is 0 Å². The van der Waals surface area contributed by atoms with Crippen LogP contribution in [0.25, 0.3) is 16.6 Å². The molecule has 0 atom stereocenters. The van der Waals surface area contributed by atoms with Crippen LogP contribution < -0.4 is 5.73 Å². The van der Waals surface area contributed by atoms with Gasteiger partial charge in [0.25, 0.3) is 0 Å². The van der Waals surface area contributed by atoms with Gasteiger partial charge in [0, 0.05) is 44.8 Å². The third kappa shape index (κ3) is 3.75. The number of nitrogens with two attached hydrogens (primary N) is 1. The molecular formula is C19H20F4N6O. The maximum Gasteiger partial charge on any atom is 0.249 e. The lowest BCUT2D eigenvalue weighted by atomic mass is 9.80. The molecule has 1 saturated carbocycles. The molecule has 0 saturated heterocycles. The van der Waals surface area contributed by atoms with E-state index in [1.165, 1.54) is 9.42 Å². The van der Waals surface area contributed by atoms with E-state index in [0.29, 0.717) is 31.6 Å². The molecule has 2 N–H and O–H groups in total. The van der Waals surface area contributed by atoms with E-state index in [1.807, 2.05) is 0 Å². The number of alkyl halides is 2. The van der Waals surface area contributed by atoms with Crippen LogP contribution in [0.15, 0.2) is 12.1 Å². The smallest absolute Gasteiger partial charge is 0.249 e. The summed E-state index contributed by atoms with van der Waals surface area (Å²) in [6.07, 6.45) is 0.934. The molecule has 0 spiro atoms. The van der Waals surface area contributed by atoms with Crippen molar-refractivity contribution in [1.29, 1.82) is 0 Å². The van der Waals surface area contributed by atoms with Crippen molar-refractivity contribution in [3.05, 3.63) is 29.6 Å². The third-order valence-corrected chi connectivity index (χ3v) is 5.32. The average molecular weight is 424 g/mol. The van der Waals surface area contributed by atoms with Crippen molar-refractivity contribution < 1.29 is 22.4 Å². The molecule has 30 heavy (non-hydrogen) atoms. The van der Waals surface area contributed by atoms with Crippen molar-refractivity contribution in [3.8, 4) is 0 Å². The van der Waals surface area contributed by atoms with Crippen molar-refractivity contribution in [1.82, 2.24) is 24.5 Å². The predicted molar refractivity (Wildman–Crippen MR) is 101 cm³/mol. The van der Waals surface area contributed by atoms with E-state index >= 15 is 0 Å². The number of anilines is 1. The quantitative estimate of drug-likeness (QED) is 0.486. The van der Waals surface area contributed by atoms with Gasteiger partial charge in [-0.05, 0) is 18.9 Å². The molecule has 1 aromatic carbocycles. The summed E-state index contributed by atoms with van der Waals surface area (Å²) in [5.41, 5.74) is 5.96. The van der Waals surface area contributed by atoms with Gasteiger partial charge in [-0.25, -0.2) is 27.5 Å². The Hall–Kier alpha value is -2.98. The Balaban J connectivity index is 1.39. The fourth-order valence-electron chi connectivity index (χ4n) is 3.70. The summed E-state index contributed by atoms with van der Waals surface area (Å²) in [4.78, 5) is 21.8. The highest BCUT2D eigenvalue weighted by Gasteiger charge is 2.49. The van der Waals surface area contributed by atoms with Crippen LogP contribution in [-0.4, -0.2) is 49.9 Å². The van der Waals surface area contributed by atoms with Crippen LogP contribution in [0.5, 0.6) is 0 Å². The molecule has 160 valence electrons. The first-order valence-corrected chi connectivity index (χ1v) is 9.57. The van der Waals surface area contributed by atoms with Gasteiger partial charge in [0.15, 0.2) is 17.3 Å². The second kappa shape index (κ2) is 7.37. The maximum atomic E-state index is 14.0. The minimum atomic E-state index is -2.72. The van der Waals surface area contributed by atoms with Crippen molar-refractivity contribution in [2.75, 3.05) is 19.3 Å². The van der Waals surface area contributed by atoms with Crippen molar-refractivity contribution in [3.63, 3.8) is 0 Å². The number of benzene rings is 1. The van der Waals surface area contributed by atoms with Crippen LogP contribution in [0.4, 0.5) is 23.5 Å². The van der Waals surface area contributed by atoms with Crippen LogP contribution in [0.1, 0.15) is 31.5 Å². The van der Waals surface area contributed by atoms with E-state index in [2.05, 4.69) is 15.1 Å². The first-order valence-electron chi connectivity index (χ1n) is 9.57. The van der Waals surface area contributed by atoms with Crippen LogP contribution in [-0.2, 0) is 11.2 Å². The summed E-state index contributed by atoms with van der Waals surface area (Å²) in [5.74, 6) is -4.81. The number of amides is 1. The molecule has 1 fully saturated rings. The Morgan fingerprint density at radius 3 is 2.70 bits per heavy atom. The summed E-state index contributed by atoms with van der Waals surface area (Å²) in [6, 6.07) is 1.86. The van der Waals surface area contributed by atoms with Gasteiger partial charge in [0.05, 0.1) is 5.39 Å². The van der Waals surface area contributed by atoms with E-state index in [4.69, 9.17) is 5.73 Å². The molecule has 2 aromatic heterocycles. The van der Waals surface area contributed by atoms with Gasteiger partial charge in [-0.1, -0.05) is 0 Å². The summed E-state index contributed by atoms with van der Waals surface area (Å²) >= 11 is 0. The van der Waals surface area contributed by atoms with Gasteiger partial charge in [-0.15, -0.1) is 5.10 Å². The highest BCUT2D eigenvalue weighted by Crippen LogP contribution is 2.43. The molecule has 2 heterocycles. The SMILES string of the molecule is CN(CCCCc1nc2c3cc(F)cc(F)c3nc(N)n2n1)C(=O)C1CC(F)(F)C1. The van der Waals surface area contributed by atoms with Crippen molar-refractivity contribution in [2.24, 2.45) is 5.92 Å². The minimum absolute atomic E-state index is 0.0654. The van der Waals surface area contributed by atoms with E-state index in [9.17, 15) is 22.4 Å². The minimum Gasteiger partial charge on any atom is -0.368 e. The number of unbranched alkanes of at least 4 members (excludes halogenated alkanes) is 1. The number of fused-ring (bicyclic) bond motifs is 3. The monoisotopic (exact) mass is 424 g/mol. The molecule has 0 radical (unpaired) electrons. The Labute approximate surface area is 168 Å². The molecule has 0 unspecified atom stereocenters. The van der Waals surface area contributed by atoms with Crippen LogP contribution in [0, 0.1) is 17.6 Å².